The Labute approximate surface area is 173 Å². The molecule has 0 saturated carbocycles. The van der Waals surface area contributed by atoms with E-state index in [-0.39, 0.29) is 24.0 Å². The lowest BCUT2D eigenvalue weighted by Gasteiger charge is -2.34. The zero-order chi connectivity index (χ0) is 17.5. The van der Waals surface area contributed by atoms with Crippen LogP contribution in [0, 0.1) is 12.8 Å². The SMILES string of the molecule is CN=C(NCCn1cc(C)cn1)N1CCC(Cc2ccccc2)CC1.I. The Morgan fingerprint density at radius 1 is 1.23 bits per heavy atom. The lowest BCUT2D eigenvalue weighted by Crippen LogP contribution is -2.46. The second kappa shape index (κ2) is 10.5. The molecule has 1 aromatic heterocycles. The first-order valence-electron chi connectivity index (χ1n) is 9.23. The molecule has 1 aromatic carbocycles. The standard InChI is InChI=1S/C20H29N5.HI/c1-17-15-23-25(16-17)13-10-22-20(21-2)24-11-8-19(9-12-24)14-18-6-4-3-5-7-18;/h3-7,15-16,19H,8-14H2,1-2H3,(H,21,22);1H. The molecule has 1 aliphatic rings. The molecule has 0 unspecified atom stereocenters. The van der Waals surface area contributed by atoms with Crippen LogP contribution in [-0.2, 0) is 13.0 Å². The van der Waals surface area contributed by atoms with Crippen LogP contribution in [0.1, 0.15) is 24.0 Å². The molecule has 0 bridgehead atoms. The fraction of sp³-hybridized carbons (Fsp3) is 0.500. The van der Waals surface area contributed by atoms with Crippen LogP contribution in [0.5, 0.6) is 0 Å². The number of nitrogens with one attached hydrogen (secondary N) is 1. The number of aryl methyl sites for hydroxylation is 1. The van der Waals surface area contributed by atoms with Crippen molar-refractivity contribution in [3.8, 4) is 0 Å². The van der Waals surface area contributed by atoms with Gasteiger partial charge >= 0.3 is 0 Å². The summed E-state index contributed by atoms with van der Waals surface area (Å²) in [5.74, 6) is 1.80. The van der Waals surface area contributed by atoms with E-state index in [4.69, 9.17) is 0 Å². The number of aromatic nitrogens is 2. The van der Waals surface area contributed by atoms with Crippen molar-refractivity contribution in [3.05, 3.63) is 53.9 Å². The highest BCUT2D eigenvalue weighted by Gasteiger charge is 2.21. The lowest BCUT2D eigenvalue weighted by atomic mass is 9.90. The van der Waals surface area contributed by atoms with E-state index in [1.807, 2.05) is 17.9 Å². The Hall–Kier alpha value is -1.57. The number of guanidine groups is 1. The van der Waals surface area contributed by atoms with Gasteiger partial charge in [-0.2, -0.15) is 5.10 Å². The number of halogens is 1. The van der Waals surface area contributed by atoms with E-state index >= 15 is 0 Å². The highest BCUT2D eigenvalue weighted by Crippen LogP contribution is 2.21. The van der Waals surface area contributed by atoms with Gasteiger partial charge in [0.05, 0.1) is 12.7 Å². The van der Waals surface area contributed by atoms with Crippen molar-refractivity contribution in [2.75, 3.05) is 26.7 Å². The van der Waals surface area contributed by atoms with E-state index in [1.165, 1.54) is 30.4 Å². The summed E-state index contributed by atoms with van der Waals surface area (Å²) in [7, 11) is 1.87. The number of piperidine rings is 1. The summed E-state index contributed by atoms with van der Waals surface area (Å²) in [5.41, 5.74) is 2.66. The Kier molecular flexibility index (Phi) is 8.41. The molecule has 5 nitrogen and oxygen atoms in total. The van der Waals surface area contributed by atoms with Gasteiger partial charge in [-0.1, -0.05) is 30.3 Å². The molecule has 2 heterocycles. The predicted octanol–water partition coefficient (Wildman–Crippen LogP) is 3.34. The maximum absolute atomic E-state index is 4.46. The summed E-state index contributed by atoms with van der Waals surface area (Å²) in [6.45, 7) is 5.93. The van der Waals surface area contributed by atoms with Gasteiger partial charge in [0.2, 0.25) is 0 Å². The molecule has 0 radical (unpaired) electrons. The van der Waals surface area contributed by atoms with Crippen molar-refractivity contribution >= 4 is 29.9 Å². The minimum absolute atomic E-state index is 0. The van der Waals surface area contributed by atoms with Gasteiger partial charge in [-0.05, 0) is 43.2 Å². The highest BCUT2D eigenvalue weighted by molar-refractivity contribution is 14.0. The molecule has 0 aliphatic carbocycles. The Morgan fingerprint density at radius 2 is 1.96 bits per heavy atom. The number of nitrogens with zero attached hydrogens (tertiary/aromatic N) is 4. The van der Waals surface area contributed by atoms with Gasteiger partial charge in [0.15, 0.2) is 5.96 Å². The maximum Gasteiger partial charge on any atom is 0.193 e. The second-order valence-corrected chi connectivity index (χ2v) is 6.87. The molecule has 142 valence electrons. The number of hydrogen-bond donors (Lipinski definition) is 1. The molecule has 1 fully saturated rings. The van der Waals surface area contributed by atoms with Gasteiger partial charge in [-0.15, -0.1) is 24.0 Å². The summed E-state index contributed by atoms with van der Waals surface area (Å²) < 4.78 is 1.97. The maximum atomic E-state index is 4.46. The van der Waals surface area contributed by atoms with Crippen molar-refractivity contribution in [1.82, 2.24) is 20.0 Å². The fourth-order valence-corrected chi connectivity index (χ4v) is 3.50. The molecular formula is C20H30IN5. The minimum atomic E-state index is 0. The van der Waals surface area contributed by atoms with Gasteiger partial charge in [-0.3, -0.25) is 9.67 Å². The smallest absolute Gasteiger partial charge is 0.193 e. The van der Waals surface area contributed by atoms with Crippen LogP contribution >= 0.6 is 24.0 Å². The molecule has 1 N–H and O–H groups in total. The van der Waals surface area contributed by atoms with Crippen LogP contribution in [0.25, 0.3) is 0 Å². The Morgan fingerprint density at radius 3 is 2.58 bits per heavy atom. The normalized spacial score (nSPS) is 15.6. The van der Waals surface area contributed by atoms with Crippen LogP contribution < -0.4 is 5.32 Å². The van der Waals surface area contributed by atoms with E-state index < -0.39 is 0 Å². The third-order valence-electron chi connectivity index (χ3n) is 4.88. The Balaban J connectivity index is 0.00000243. The summed E-state index contributed by atoms with van der Waals surface area (Å²) in [6.07, 6.45) is 7.62. The third kappa shape index (κ3) is 6.00. The number of benzene rings is 1. The van der Waals surface area contributed by atoms with Crippen molar-refractivity contribution in [3.63, 3.8) is 0 Å². The highest BCUT2D eigenvalue weighted by atomic mass is 127. The van der Waals surface area contributed by atoms with Crippen molar-refractivity contribution in [1.29, 1.82) is 0 Å². The van der Waals surface area contributed by atoms with E-state index in [9.17, 15) is 0 Å². The predicted molar refractivity (Wildman–Crippen MR) is 118 cm³/mol. The topological polar surface area (TPSA) is 45.5 Å². The van der Waals surface area contributed by atoms with Crippen LogP contribution in [0.15, 0.2) is 47.7 Å². The zero-order valence-corrected chi connectivity index (χ0v) is 18.1. The second-order valence-electron chi connectivity index (χ2n) is 6.87. The summed E-state index contributed by atoms with van der Waals surface area (Å²) in [5, 5.41) is 7.80. The van der Waals surface area contributed by atoms with Crippen molar-refractivity contribution < 1.29 is 0 Å². The van der Waals surface area contributed by atoms with Crippen LogP contribution in [0.4, 0.5) is 0 Å². The lowest BCUT2D eigenvalue weighted by molar-refractivity contribution is 0.259. The fourth-order valence-electron chi connectivity index (χ4n) is 3.50. The van der Waals surface area contributed by atoms with Crippen molar-refractivity contribution in [2.24, 2.45) is 10.9 Å². The molecule has 26 heavy (non-hydrogen) atoms. The molecule has 0 atom stereocenters. The van der Waals surface area contributed by atoms with Gasteiger partial charge in [0.25, 0.3) is 0 Å². The largest absolute Gasteiger partial charge is 0.354 e. The van der Waals surface area contributed by atoms with E-state index in [1.54, 1.807) is 0 Å². The molecular weight excluding hydrogens is 437 g/mol. The first-order chi connectivity index (χ1) is 12.2. The Bertz CT molecular complexity index is 675. The van der Waals surface area contributed by atoms with Crippen molar-refractivity contribution in [2.45, 2.75) is 32.7 Å². The molecule has 6 heteroatoms. The van der Waals surface area contributed by atoms with Gasteiger partial charge in [-0.25, -0.2) is 0 Å². The van der Waals surface area contributed by atoms with E-state index in [2.05, 4.69) is 63.8 Å². The first-order valence-corrected chi connectivity index (χ1v) is 9.23. The van der Waals surface area contributed by atoms with Gasteiger partial charge < -0.3 is 10.2 Å². The van der Waals surface area contributed by atoms with Gasteiger partial charge in [0, 0.05) is 32.9 Å². The number of rotatable bonds is 5. The monoisotopic (exact) mass is 467 g/mol. The molecule has 0 amide bonds. The van der Waals surface area contributed by atoms with Gasteiger partial charge in [0.1, 0.15) is 0 Å². The minimum Gasteiger partial charge on any atom is -0.354 e. The van der Waals surface area contributed by atoms with Crippen LogP contribution in [-0.4, -0.2) is 47.3 Å². The third-order valence-corrected chi connectivity index (χ3v) is 4.88. The van der Waals surface area contributed by atoms with E-state index in [0.29, 0.717) is 0 Å². The average Bonchev–Trinajstić information content (AvgIpc) is 3.06. The molecule has 3 rings (SSSR count). The number of hydrogen-bond acceptors (Lipinski definition) is 2. The summed E-state index contributed by atoms with van der Waals surface area (Å²) >= 11 is 0. The molecule has 2 aromatic rings. The van der Waals surface area contributed by atoms with E-state index in [0.717, 1.165) is 38.1 Å². The summed E-state index contributed by atoms with van der Waals surface area (Å²) in [4.78, 5) is 6.84. The average molecular weight is 467 g/mol. The molecule has 0 spiro atoms. The quantitative estimate of drug-likeness (QED) is 0.417. The van der Waals surface area contributed by atoms with Crippen LogP contribution in [0.2, 0.25) is 0 Å². The number of aliphatic imine (C=N–C) groups is 1. The number of likely N-dealkylation sites (tertiary alicyclic amines) is 1. The molecule has 1 saturated heterocycles. The first kappa shape index (κ1) is 20.7. The summed E-state index contributed by atoms with van der Waals surface area (Å²) in [6, 6.07) is 10.8. The van der Waals surface area contributed by atoms with Crippen LogP contribution in [0.3, 0.4) is 0 Å². The zero-order valence-electron chi connectivity index (χ0n) is 15.8. The molecule has 1 aliphatic heterocycles.